The van der Waals surface area contributed by atoms with Crippen LogP contribution >= 0.6 is 0 Å². The summed E-state index contributed by atoms with van der Waals surface area (Å²) in [6.07, 6.45) is 5.67. The maximum absolute atomic E-state index is 11.7. The van der Waals surface area contributed by atoms with E-state index in [9.17, 15) is 4.79 Å². The zero-order valence-corrected chi connectivity index (χ0v) is 15.1. The molecule has 0 aromatic carbocycles. The Kier molecular flexibility index (Phi) is 5.35. The summed E-state index contributed by atoms with van der Waals surface area (Å²) in [7, 11) is 0. The highest BCUT2D eigenvalue weighted by molar-refractivity contribution is 5.70. The predicted octanol–water partition coefficient (Wildman–Crippen LogP) is 1.64. The van der Waals surface area contributed by atoms with E-state index in [0.29, 0.717) is 25.4 Å². The van der Waals surface area contributed by atoms with Crippen molar-refractivity contribution in [1.29, 1.82) is 0 Å². The van der Waals surface area contributed by atoms with E-state index in [-0.39, 0.29) is 12.4 Å². The van der Waals surface area contributed by atoms with Gasteiger partial charge in [-0.25, -0.2) is 4.98 Å². The lowest BCUT2D eigenvalue weighted by molar-refractivity contribution is -0.143. The molecule has 0 saturated carbocycles. The van der Waals surface area contributed by atoms with E-state index in [1.165, 1.54) is 6.33 Å². The molecular formula is C17H21N7O2. The maximum atomic E-state index is 11.7. The molecule has 136 valence electrons. The van der Waals surface area contributed by atoms with Gasteiger partial charge in [0.15, 0.2) is 0 Å². The van der Waals surface area contributed by atoms with Gasteiger partial charge in [0, 0.05) is 23.9 Å². The van der Waals surface area contributed by atoms with Gasteiger partial charge in [0.2, 0.25) is 0 Å². The summed E-state index contributed by atoms with van der Waals surface area (Å²) < 4.78 is 6.66. The van der Waals surface area contributed by atoms with Crippen molar-refractivity contribution in [3.63, 3.8) is 0 Å². The Hall–Kier alpha value is -3.10. The monoisotopic (exact) mass is 355 g/mol. The molecule has 3 heterocycles. The number of hydrogen-bond acceptors (Lipinski definition) is 8. The highest BCUT2D eigenvalue weighted by Crippen LogP contribution is 2.21. The molecule has 0 aliphatic carbocycles. The normalized spacial score (nSPS) is 10.9. The number of fused-ring (bicyclic) bond motifs is 1. The summed E-state index contributed by atoms with van der Waals surface area (Å²) in [6, 6.07) is 0. The maximum Gasteiger partial charge on any atom is 0.306 e. The Bertz CT molecular complexity index is 905. The van der Waals surface area contributed by atoms with Crippen LogP contribution in [0, 0.1) is 13.8 Å². The molecule has 0 aliphatic rings. The summed E-state index contributed by atoms with van der Waals surface area (Å²) in [5.74, 6) is 1.01. The number of rotatable bonds is 7. The molecule has 26 heavy (non-hydrogen) atoms. The van der Waals surface area contributed by atoms with Crippen molar-refractivity contribution >= 4 is 17.6 Å². The second-order valence-electron chi connectivity index (χ2n) is 5.80. The number of esters is 1. The van der Waals surface area contributed by atoms with Crippen LogP contribution in [0.3, 0.4) is 0 Å². The molecule has 9 nitrogen and oxygen atoms in total. The van der Waals surface area contributed by atoms with Gasteiger partial charge in [0.25, 0.3) is 5.78 Å². The van der Waals surface area contributed by atoms with Gasteiger partial charge in [-0.1, -0.05) is 0 Å². The number of aromatic nitrogens is 6. The lowest BCUT2D eigenvalue weighted by atomic mass is 10.1. The zero-order valence-electron chi connectivity index (χ0n) is 15.1. The van der Waals surface area contributed by atoms with E-state index in [1.807, 2.05) is 13.8 Å². The molecule has 0 atom stereocenters. The first-order chi connectivity index (χ1) is 12.6. The van der Waals surface area contributed by atoms with Crippen LogP contribution in [-0.4, -0.2) is 42.1 Å². The molecule has 0 bridgehead atoms. The summed E-state index contributed by atoms with van der Waals surface area (Å²) in [4.78, 5) is 29.0. The standard InChI is InChI=1S/C17H21N7O2/c1-4-26-15(25)6-5-14-12(3)23-17-21-10-22-24(17)16(14)20-9-13-8-18-11(2)7-19-13/h7-8,10,20H,4-6,9H2,1-3H3. The van der Waals surface area contributed by atoms with Crippen molar-refractivity contribution in [2.45, 2.75) is 40.2 Å². The number of carbonyl (C=O) groups excluding carboxylic acids is 1. The van der Waals surface area contributed by atoms with Crippen LogP contribution in [0.4, 0.5) is 5.82 Å². The van der Waals surface area contributed by atoms with E-state index in [1.54, 1.807) is 23.8 Å². The number of aryl methyl sites for hydroxylation is 2. The summed E-state index contributed by atoms with van der Waals surface area (Å²) >= 11 is 0. The third-order valence-electron chi connectivity index (χ3n) is 3.89. The molecular weight excluding hydrogens is 334 g/mol. The second kappa shape index (κ2) is 7.85. The number of ether oxygens (including phenoxy) is 1. The van der Waals surface area contributed by atoms with Crippen LogP contribution in [0.25, 0.3) is 5.78 Å². The van der Waals surface area contributed by atoms with Gasteiger partial charge in [0.1, 0.15) is 12.1 Å². The van der Waals surface area contributed by atoms with Crippen LogP contribution < -0.4 is 5.32 Å². The highest BCUT2D eigenvalue weighted by Gasteiger charge is 2.16. The van der Waals surface area contributed by atoms with Gasteiger partial charge in [-0.05, 0) is 27.2 Å². The topological polar surface area (TPSA) is 107 Å². The fourth-order valence-electron chi connectivity index (χ4n) is 2.61. The van der Waals surface area contributed by atoms with Crippen LogP contribution in [0.2, 0.25) is 0 Å². The molecule has 0 aliphatic heterocycles. The first kappa shape index (κ1) is 17.7. The number of carbonyl (C=O) groups is 1. The van der Waals surface area contributed by atoms with Crippen molar-refractivity contribution in [3.05, 3.63) is 41.4 Å². The van der Waals surface area contributed by atoms with Crippen molar-refractivity contribution in [2.75, 3.05) is 11.9 Å². The van der Waals surface area contributed by atoms with Crippen LogP contribution in [0.1, 0.15) is 36.0 Å². The lowest BCUT2D eigenvalue weighted by Crippen LogP contribution is -2.14. The minimum absolute atomic E-state index is 0.235. The molecule has 3 aromatic heterocycles. The zero-order chi connectivity index (χ0) is 18.5. The molecule has 0 unspecified atom stereocenters. The van der Waals surface area contributed by atoms with E-state index in [2.05, 4.69) is 30.4 Å². The van der Waals surface area contributed by atoms with Crippen LogP contribution in [-0.2, 0) is 22.5 Å². The molecule has 1 N–H and O–H groups in total. The molecule has 0 amide bonds. The van der Waals surface area contributed by atoms with E-state index >= 15 is 0 Å². The first-order valence-corrected chi connectivity index (χ1v) is 8.44. The Morgan fingerprint density at radius 1 is 1.23 bits per heavy atom. The third kappa shape index (κ3) is 3.93. The van der Waals surface area contributed by atoms with Crippen molar-refractivity contribution in [1.82, 2.24) is 29.5 Å². The molecule has 0 saturated heterocycles. The fourth-order valence-corrected chi connectivity index (χ4v) is 2.61. The van der Waals surface area contributed by atoms with Crippen LogP contribution in [0.5, 0.6) is 0 Å². The minimum Gasteiger partial charge on any atom is -0.466 e. The molecule has 0 fully saturated rings. The summed E-state index contributed by atoms with van der Waals surface area (Å²) in [5, 5.41) is 7.58. The molecule has 0 radical (unpaired) electrons. The third-order valence-corrected chi connectivity index (χ3v) is 3.89. The van der Waals surface area contributed by atoms with Crippen molar-refractivity contribution in [3.8, 4) is 0 Å². The fraction of sp³-hybridized carbons (Fsp3) is 0.412. The summed E-state index contributed by atoms with van der Waals surface area (Å²) in [5.41, 5.74) is 3.36. The Balaban J connectivity index is 1.87. The van der Waals surface area contributed by atoms with E-state index in [0.717, 1.165) is 28.5 Å². The number of nitrogens with zero attached hydrogens (tertiary/aromatic N) is 6. The van der Waals surface area contributed by atoms with Gasteiger partial charge < -0.3 is 10.1 Å². The van der Waals surface area contributed by atoms with Gasteiger partial charge in [-0.2, -0.15) is 14.6 Å². The first-order valence-electron chi connectivity index (χ1n) is 8.44. The molecule has 0 spiro atoms. The Morgan fingerprint density at radius 3 is 2.81 bits per heavy atom. The quantitative estimate of drug-likeness (QED) is 0.637. The van der Waals surface area contributed by atoms with Gasteiger partial charge in [-0.15, -0.1) is 0 Å². The number of hydrogen-bond donors (Lipinski definition) is 1. The smallest absolute Gasteiger partial charge is 0.306 e. The lowest BCUT2D eigenvalue weighted by Gasteiger charge is -2.15. The largest absolute Gasteiger partial charge is 0.466 e. The number of nitrogens with one attached hydrogen (secondary N) is 1. The SMILES string of the molecule is CCOC(=O)CCc1c(C)nc2ncnn2c1NCc1cnc(C)cn1. The Morgan fingerprint density at radius 2 is 2.08 bits per heavy atom. The molecule has 3 rings (SSSR count). The van der Waals surface area contributed by atoms with E-state index in [4.69, 9.17) is 4.74 Å². The van der Waals surface area contributed by atoms with Gasteiger partial charge >= 0.3 is 5.97 Å². The van der Waals surface area contributed by atoms with Crippen molar-refractivity contribution < 1.29 is 9.53 Å². The average Bonchev–Trinajstić information content (AvgIpc) is 3.08. The van der Waals surface area contributed by atoms with Crippen LogP contribution in [0.15, 0.2) is 18.7 Å². The average molecular weight is 355 g/mol. The molecule has 3 aromatic rings. The second-order valence-corrected chi connectivity index (χ2v) is 5.80. The Labute approximate surface area is 150 Å². The highest BCUT2D eigenvalue weighted by atomic mass is 16.5. The number of anilines is 1. The van der Waals surface area contributed by atoms with Crippen molar-refractivity contribution in [2.24, 2.45) is 0 Å². The van der Waals surface area contributed by atoms with E-state index < -0.39 is 0 Å². The predicted molar refractivity (Wildman–Crippen MR) is 94.6 cm³/mol. The summed E-state index contributed by atoms with van der Waals surface area (Å²) in [6.45, 7) is 6.42. The van der Waals surface area contributed by atoms with Gasteiger partial charge in [-0.3, -0.25) is 14.8 Å². The minimum atomic E-state index is -0.235. The van der Waals surface area contributed by atoms with Gasteiger partial charge in [0.05, 0.1) is 30.7 Å². The molecule has 9 heteroatoms.